The van der Waals surface area contributed by atoms with Crippen molar-refractivity contribution in [2.45, 2.75) is 50.4 Å². The fraction of sp³-hybridized carbons (Fsp3) is 0.923. The Kier molecular flexibility index (Phi) is 4.97. The van der Waals surface area contributed by atoms with Crippen LogP contribution in [0, 0.1) is 5.92 Å². The van der Waals surface area contributed by atoms with Gasteiger partial charge in [0.05, 0.1) is 25.2 Å². The van der Waals surface area contributed by atoms with Crippen molar-refractivity contribution in [1.82, 2.24) is 5.32 Å². The first kappa shape index (κ1) is 13.8. The first-order valence-corrected chi connectivity index (χ1v) is 6.90. The van der Waals surface area contributed by atoms with Crippen molar-refractivity contribution in [3.63, 3.8) is 0 Å². The van der Waals surface area contributed by atoms with Crippen LogP contribution in [0.5, 0.6) is 0 Å². The molecule has 2 unspecified atom stereocenters. The van der Waals surface area contributed by atoms with E-state index in [-0.39, 0.29) is 30.1 Å². The normalized spacial score (nSPS) is 37.2. The summed E-state index contributed by atoms with van der Waals surface area (Å²) < 4.78 is 10.9. The number of nitrogens with two attached hydrogens (primary N) is 1. The van der Waals surface area contributed by atoms with Crippen molar-refractivity contribution in [3.8, 4) is 0 Å². The van der Waals surface area contributed by atoms with Crippen LogP contribution in [0.15, 0.2) is 0 Å². The third-order valence-electron chi connectivity index (χ3n) is 4.04. The fourth-order valence-electron chi connectivity index (χ4n) is 2.88. The molecule has 5 nitrogen and oxygen atoms in total. The van der Waals surface area contributed by atoms with Crippen LogP contribution in [0.2, 0.25) is 0 Å². The average molecular weight is 256 g/mol. The second-order valence-electron chi connectivity index (χ2n) is 5.33. The van der Waals surface area contributed by atoms with Gasteiger partial charge in [0, 0.05) is 12.6 Å². The third kappa shape index (κ3) is 3.43. The highest BCUT2D eigenvalue weighted by atomic mass is 16.5. The molecule has 1 aliphatic heterocycles. The van der Waals surface area contributed by atoms with Crippen LogP contribution in [0.3, 0.4) is 0 Å². The quantitative estimate of drug-likeness (QED) is 0.716. The highest BCUT2D eigenvalue weighted by molar-refractivity contribution is 5.72. The van der Waals surface area contributed by atoms with E-state index in [0.717, 1.165) is 45.2 Å². The lowest BCUT2D eigenvalue weighted by Crippen LogP contribution is -2.51. The van der Waals surface area contributed by atoms with E-state index in [2.05, 4.69) is 5.32 Å². The van der Waals surface area contributed by atoms with Crippen molar-refractivity contribution in [3.05, 3.63) is 0 Å². The molecular weight excluding hydrogens is 232 g/mol. The lowest BCUT2D eigenvalue weighted by atomic mass is 9.87. The zero-order valence-electron chi connectivity index (χ0n) is 11.1. The number of piperidine rings is 1. The molecule has 0 bridgehead atoms. The lowest BCUT2D eigenvalue weighted by molar-refractivity contribution is -0.148. The van der Waals surface area contributed by atoms with E-state index in [1.807, 2.05) is 0 Å². The number of nitrogens with one attached hydrogen (secondary N) is 1. The molecule has 0 radical (unpaired) electrons. The Labute approximate surface area is 108 Å². The molecule has 0 aromatic rings. The highest BCUT2D eigenvalue weighted by Crippen LogP contribution is 2.28. The monoisotopic (exact) mass is 256 g/mol. The molecule has 2 rings (SSSR count). The molecule has 3 N–H and O–H groups in total. The van der Waals surface area contributed by atoms with E-state index < -0.39 is 0 Å². The number of carbonyl (C=O) groups is 1. The van der Waals surface area contributed by atoms with Gasteiger partial charge in [-0.1, -0.05) is 0 Å². The molecule has 1 aliphatic carbocycles. The highest BCUT2D eigenvalue weighted by Gasteiger charge is 2.31. The molecule has 1 heterocycles. The van der Waals surface area contributed by atoms with Crippen LogP contribution >= 0.6 is 0 Å². The first-order valence-electron chi connectivity index (χ1n) is 6.90. The van der Waals surface area contributed by atoms with Gasteiger partial charge in [-0.2, -0.15) is 0 Å². The van der Waals surface area contributed by atoms with Crippen LogP contribution in [-0.4, -0.2) is 44.4 Å². The summed E-state index contributed by atoms with van der Waals surface area (Å²) in [5, 5.41) is 3.27. The second-order valence-corrected chi connectivity index (χ2v) is 5.33. The van der Waals surface area contributed by atoms with Crippen molar-refractivity contribution < 1.29 is 14.3 Å². The van der Waals surface area contributed by atoms with Gasteiger partial charge in [-0.05, 0) is 38.6 Å². The van der Waals surface area contributed by atoms with Gasteiger partial charge in [0.15, 0.2) is 0 Å². The molecule has 0 spiro atoms. The number of hydrogen-bond donors (Lipinski definition) is 2. The number of rotatable bonds is 3. The van der Waals surface area contributed by atoms with Crippen molar-refractivity contribution in [2.24, 2.45) is 11.7 Å². The van der Waals surface area contributed by atoms with Gasteiger partial charge in [0.25, 0.3) is 0 Å². The molecule has 104 valence electrons. The molecular formula is C13H24N2O3. The lowest BCUT2D eigenvalue weighted by Gasteiger charge is -2.35. The Hall–Kier alpha value is -0.650. The van der Waals surface area contributed by atoms with Crippen LogP contribution in [0.4, 0.5) is 0 Å². The Morgan fingerprint density at radius 3 is 2.56 bits per heavy atom. The summed E-state index contributed by atoms with van der Waals surface area (Å²) in [4.78, 5) is 11.4. The maximum atomic E-state index is 11.4. The first-order chi connectivity index (χ1) is 8.70. The largest absolute Gasteiger partial charge is 0.469 e. The van der Waals surface area contributed by atoms with Gasteiger partial charge < -0.3 is 20.5 Å². The topological polar surface area (TPSA) is 73.6 Å². The van der Waals surface area contributed by atoms with Crippen LogP contribution < -0.4 is 11.1 Å². The summed E-state index contributed by atoms with van der Waals surface area (Å²) in [6.45, 7) is 1.82. The molecule has 18 heavy (non-hydrogen) atoms. The average Bonchev–Trinajstić information content (AvgIpc) is 2.41. The van der Waals surface area contributed by atoms with Gasteiger partial charge in [0.1, 0.15) is 0 Å². The van der Waals surface area contributed by atoms with E-state index in [0.29, 0.717) is 0 Å². The SMILES string of the molecule is COC(=O)[C@H]1CC[C@H](OC2CCNCC2N)CC1. The summed E-state index contributed by atoms with van der Waals surface area (Å²) in [5.41, 5.74) is 6.03. The van der Waals surface area contributed by atoms with Gasteiger partial charge in [-0.15, -0.1) is 0 Å². The molecule has 2 atom stereocenters. The maximum Gasteiger partial charge on any atom is 0.308 e. The van der Waals surface area contributed by atoms with Gasteiger partial charge >= 0.3 is 5.97 Å². The van der Waals surface area contributed by atoms with Gasteiger partial charge in [-0.25, -0.2) is 0 Å². The summed E-state index contributed by atoms with van der Waals surface area (Å²) in [5.74, 6) is -0.0106. The van der Waals surface area contributed by atoms with Crippen molar-refractivity contribution >= 4 is 5.97 Å². The minimum absolute atomic E-state index is 0.0662. The Morgan fingerprint density at radius 2 is 1.94 bits per heavy atom. The minimum atomic E-state index is -0.0768. The summed E-state index contributed by atoms with van der Waals surface area (Å²) in [6.07, 6.45) is 5.05. The fourth-order valence-corrected chi connectivity index (χ4v) is 2.88. The van der Waals surface area contributed by atoms with E-state index in [1.54, 1.807) is 0 Å². The van der Waals surface area contributed by atoms with Gasteiger partial charge in [0.2, 0.25) is 0 Å². The van der Waals surface area contributed by atoms with Crippen LogP contribution in [0.25, 0.3) is 0 Å². The van der Waals surface area contributed by atoms with Crippen LogP contribution in [0.1, 0.15) is 32.1 Å². The molecule has 2 fully saturated rings. The molecule has 0 aromatic carbocycles. The summed E-state index contributed by atoms with van der Waals surface area (Å²) in [6, 6.07) is 0.0945. The molecule has 5 heteroatoms. The van der Waals surface area contributed by atoms with E-state index in [1.165, 1.54) is 7.11 Å². The third-order valence-corrected chi connectivity index (χ3v) is 4.04. The number of hydrogen-bond acceptors (Lipinski definition) is 5. The summed E-state index contributed by atoms with van der Waals surface area (Å²) >= 11 is 0. The predicted octanol–water partition coefficient (Wildman–Crippen LogP) is 0.424. The smallest absolute Gasteiger partial charge is 0.308 e. The molecule has 1 saturated carbocycles. The number of ether oxygens (including phenoxy) is 2. The Bertz CT molecular complexity index is 277. The number of esters is 1. The zero-order chi connectivity index (χ0) is 13.0. The standard InChI is InChI=1S/C13H24N2O3/c1-17-13(16)9-2-4-10(5-3-9)18-12-6-7-15-8-11(12)14/h9-12,15H,2-8,14H2,1H3/t9-,10-,11?,12?. The molecule has 0 amide bonds. The molecule has 2 aliphatic rings. The zero-order valence-corrected chi connectivity index (χ0v) is 11.1. The van der Waals surface area contributed by atoms with Crippen LogP contribution in [-0.2, 0) is 14.3 Å². The van der Waals surface area contributed by atoms with E-state index >= 15 is 0 Å². The Balaban J connectivity index is 1.74. The Morgan fingerprint density at radius 1 is 1.22 bits per heavy atom. The number of methoxy groups -OCH3 is 1. The predicted molar refractivity (Wildman–Crippen MR) is 68.1 cm³/mol. The maximum absolute atomic E-state index is 11.4. The molecule has 1 saturated heterocycles. The minimum Gasteiger partial charge on any atom is -0.469 e. The van der Waals surface area contributed by atoms with Crippen molar-refractivity contribution in [2.75, 3.05) is 20.2 Å². The second kappa shape index (κ2) is 6.50. The van der Waals surface area contributed by atoms with E-state index in [4.69, 9.17) is 15.2 Å². The van der Waals surface area contributed by atoms with Gasteiger partial charge in [-0.3, -0.25) is 4.79 Å². The van der Waals surface area contributed by atoms with E-state index in [9.17, 15) is 4.79 Å². The molecule has 0 aromatic heterocycles. The number of carbonyl (C=O) groups excluding carboxylic acids is 1. The summed E-state index contributed by atoms with van der Waals surface area (Å²) in [7, 11) is 1.46. The van der Waals surface area contributed by atoms with Crippen molar-refractivity contribution in [1.29, 1.82) is 0 Å².